The van der Waals surface area contributed by atoms with Gasteiger partial charge in [0.05, 0.1) is 16.0 Å². The van der Waals surface area contributed by atoms with Crippen LogP contribution in [0.4, 0.5) is 0 Å². The van der Waals surface area contributed by atoms with Gasteiger partial charge < -0.3 is 15.2 Å². The number of ether oxygens (including phenoxy) is 2. The number of imidazole rings is 1. The van der Waals surface area contributed by atoms with Gasteiger partial charge >= 0.3 is 0 Å². The normalized spacial score (nSPS) is 13.5. The monoisotopic (exact) mass is 373 g/mol. The van der Waals surface area contributed by atoms with Crippen LogP contribution in [0.3, 0.4) is 0 Å². The highest BCUT2D eigenvalue weighted by Crippen LogP contribution is 2.36. The molecule has 1 aliphatic heterocycles. The Hall–Kier alpha value is -2.05. The number of benzene rings is 1. The Labute approximate surface area is 142 Å². The van der Waals surface area contributed by atoms with Crippen molar-refractivity contribution >= 4 is 21.6 Å². The lowest BCUT2D eigenvalue weighted by molar-refractivity contribution is 0.171. The van der Waals surface area contributed by atoms with Crippen LogP contribution < -0.4 is 15.2 Å². The van der Waals surface area contributed by atoms with Gasteiger partial charge in [0, 0.05) is 12.0 Å². The van der Waals surface area contributed by atoms with E-state index in [1.807, 2.05) is 36.4 Å². The molecule has 0 aliphatic carbocycles. The molecule has 0 spiro atoms. The largest absolute Gasteiger partial charge is 0.486 e. The average molecular weight is 374 g/mol. The van der Waals surface area contributed by atoms with E-state index in [1.54, 1.807) is 0 Å². The zero-order valence-corrected chi connectivity index (χ0v) is 14.0. The zero-order valence-electron chi connectivity index (χ0n) is 12.5. The van der Waals surface area contributed by atoms with Gasteiger partial charge in [-0.15, -0.1) is 0 Å². The lowest BCUT2D eigenvalue weighted by Gasteiger charge is -2.18. The Bertz CT molecular complexity index is 876. The second-order valence-corrected chi connectivity index (χ2v) is 6.16. The van der Waals surface area contributed by atoms with Crippen molar-refractivity contribution < 1.29 is 9.47 Å². The van der Waals surface area contributed by atoms with Crippen molar-refractivity contribution in [1.82, 2.24) is 9.38 Å². The third-order valence-electron chi connectivity index (χ3n) is 3.89. The Morgan fingerprint density at radius 1 is 1.13 bits per heavy atom. The lowest BCUT2D eigenvalue weighted by Crippen LogP contribution is -2.15. The predicted octanol–water partition coefficient (Wildman–Crippen LogP) is 3.04. The fourth-order valence-electron chi connectivity index (χ4n) is 2.90. The van der Waals surface area contributed by atoms with Gasteiger partial charge in [-0.1, -0.05) is 6.07 Å². The second-order valence-electron chi connectivity index (χ2n) is 5.35. The molecule has 0 amide bonds. The van der Waals surface area contributed by atoms with Gasteiger partial charge in [-0.25, -0.2) is 4.98 Å². The van der Waals surface area contributed by atoms with E-state index in [4.69, 9.17) is 20.2 Å². The van der Waals surface area contributed by atoms with E-state index in [0.29, 0.717) is 19.8 Å². The molecule has 0 unspecified atom stereocenters. The smallest absolute Gasteiger partial charge is 0.162 e. The first-order chi connectivity index (χ1) is 11.3. The minimum absolute atomic E-state index is 0.562. The van der Waals surface area contributed by atoms with Crippen molar-refractivity contribution in [1.29, 1.82) is 0 Å². The van der Waals surface area contributed by atoms with Crippen LogP contribution in [0.25, 0.3) is 16.9 Å². The molecule has 0 atom stereocenters. The molecule has 3 aromatic rings. The third kappa shape index (κ3) is 2.48. The number of pyridine rings is 1. The summed E-state index contributed by atoms with van der Waals surface area (Å²) < 4.78 is 14.3. The summed E-state index contributed by atoms with van der Waals surface area (Å²) in [4.78, 5) is 4.79. The molecule has 0 fully saturated rings. The first-order valence-electron chi connectivity index (χ1n) is 7.54. The van der Waals surface area contributed by atoms with Gasteiger partial charge in [0.15, 0.2) is 11.5 Å². The van der Waals surface area contributed by atoms with Crippen LogP contribution in [-0.4, -0.2) is 29.1 Å². The number of hydrogen-bond donors (Lipinski definition) is 1. The van der Waals surface area contributed by atoms with Crippen molar-refractivity contribution in [2.24, 2.45) is 5.73 Å². The fourth-order valence-corrected chi connectivity index (χ4v) is 3.45. The quantitative estimate of drug-likeness (QED) is 0.716. The van der Waals surface area contributed by atoms with E-state index in [9.17, 15) is 0 Å². The number of fused-ring (bicyclic) bond motifs is 2. The third-order valence-corrected chi connectivity index (χ3v) is 4.51. The number of halogens is 1. The standard InChI is InChI=1S/C17H16BrN3O2/c18-15-2-1-3-16-20-17(12(6-7-19)21(15)16)11-4-5-13-14(10-11)23-9-8-22-13/h1-5,10H,6-9,19H2. The predicted molar refractivity (Wildman–Crippen MR) is 92.1 cm³/mol. The highest BCUT2D eigenvalue weighted by molar-refractivity contribution is 9.10. The van der Waals surface area contributed by atoms with Crippen LogP contribution in [0, 0.1) is 0 Å². The molecule has 6 heteroatoms. The molecule has 0 saturated heterocycles. The fraction of sp³-hybridized carbons (Fsp3) is 0.235. The molecule has 1 aliphatic rings. The molecular weight excluding hydrogens is 358 g/mol. The first kappa shape index (κ1) is 14.5. The summed E-state index contributed by atoms with van der Waals surface area (Å²) in [6.07, 6.45) is 0.744. The van der Waals surface area contributed by atoms with E-state index >= 15 is 0 Å². The van der Waals surface area contributed by atoms with Gasteiger partial charge in [-0.3, -0.25) is 4.40 Å². The molecular formula is C17H16BrN3O2. The van der Waals surface area contributed by atoms with Crippen LogP contribution in [0.1, 0.15) is 5.69 Å². The average Bonchev–Trinajstić information content (AvgIpc) is 2.95. The van der Waals surface area contributed by atoms with Crippen molar-refractivity contribution in [3.8, 4) is 22.8 Å². The van der Waals surface area contributed by atoms with E-state index < -0.39 is 0 Å². The Morgan fingerprint density at radius 3 is 2.78 bits per heavy atom. The molecule has 23 heavy (non-hydrogen) atoms. The lowest BCUT2D eigenvalue weighted by atomic mass is 10.1. The Morgan fingerprint density at radius 2 is 1.96 bits per heavy atom. The summed E-state index contributed by atoms with van der Waals surface area (Å²) in [6.45, 7) is 1.72. The van der Waals surface area contributed by atoms with E-state index in [0.717, 1.165) is 45.1 Å². The van der Waals surface area contributed by atoms with E-state index in [2.05, 4.69) is 20.3 Å². The zero-order chi connectivity index (χ0) is 15.8. The summed E-state index contributed by atoms with van der Waals surface area (Å²) >= 11 is 3.60. The van der Waals surface area contributed by atoms with Gasteiger partial charge in [0.2, 0.25) is 0 Å². The molecule has 118 valence electrons. The Kier molecular flexibility index (Phi) is 3.71. The van der Waals surface area contributed by atoms with Gasteiger partial charge in [0.1, 0.15) is 18.9 Å². The van der Waals surface area contributed by atoms with Crippen LogP contribution in [0.2, 0.25) is 0 Å². The highest BCUT2D eigenvalue weighted by Gasteiger charge is 2.18. The Balaban J connectivity index is 1.91. The minimum Gasteiger partial charge on any atom is -0.486 e. The number of rotatable bonds is 3. The number of hydrogen-bond acceptors (Lipinski definition) is 4. The van der Waals surface area contributed by atoms with E-state index in [-0.39, 0.29) is 0 Å². The SMILES string of the molecule is NCCc1c(-c2ccc3c(c2)OCCO3)nc2cccc(Br)n12. The van der Waals surface area contributed by atoms with Crippen molar-refractivity contribution in [3.05, 3.63) is 46.7 Å². The summed E-state index contributed by atoms with van der Waals surface area (Å²) in [5.74, 6) is 1.55. The molecule has 2 N–H and O–H groups in total. The van der Waals surface area contributed by atoms with Crippen molar-refractivity contribution in [2.45, 2.75) is 6.42 Å². The second kappa shape index (κ2) is 5.86. The topological polar surface area (TPSA) is 61.8 Å². The van der Waals surface area contributed by atoms with Gasteiger partial charge in [0.25, 0.3) is 0 Å². The van der Waals surface area contributed by atoms with Crippen molar-refractivity contribution in [2.75, 3.05) is 19.8 Å². The minimum atomic E-state index is 0.562. The maximum absolute atomic E-state index is 5.82. The number of nitrogens with two attached hydrogens (primary N) is 1. The summed E-state index contributed by atoms with van der Waals surface area (Å²) in [6, 6.07) is 11.9. The highest BCUT2D eigenvalue weighted by atomic mass is 79.9. The molecule has 0 saturated carbocycles. The summed E-state index contributed by atoms with van der Waals surface area (Å²) in [5.41, 5.74) is 9.74. The molecule has 3 heterocycles. The van der Waals surface area contributed by atoms with E-state index in [1.165, 1.54) is 0 Å². The molecule has 0 radical (unpaired) electrons. The maximum Gasteiger partial charge on any atom is 0.162 e. The van der Waals surface area contributed by atoms with Crippen LogP contribution in [0.15, 0.2) is 41.0 Å². The van der Waals surface area contributed by atoms with Crippen molar-refractivity contribution in [3.63, 3.8) is 0 Å². The molecule has 1 aromatic carbocycles. The molecule has 2 aromatic heterocycles. The summed E-state index contributed by atoms with van der Waals surface area (Å²) in [5, 5.41) is 0. The summed E-state index contributed by atoms with van der Waals surface area (Å²) in [7, 11) is 0. The van der Waals surface area contributed by atoms with Crippen LogP contribution in [-0.2, 0) is 6.42 Å². The van der Waals surface area contributed by atoms with Gasteiger partial charge in [-0.2, -0.15) is 0 Å². The molecule has 5 nitrogen and oxygen atoms in total. The number of aromatic nitrogens is 2. The molecule has 4 rings (SSSR count). The van der Waals surface area contributed by atoms with Crippen LogP contribution >= 0.6 is 15.9 Å². The molecule has 0 bridgehead atoms. The number of nitrogens with zero attached hydrogens (tertiary/aromatic N) is 2. The van der Waals surface area contributed by atoms with Crippen LogP contribution in [0.5, 0.6) is 11.5 Å². The van der Waals surface area contributed by atoms with Gasteiger partial charge in [-0.05, 0) is 52.8 Å². The maximum atomic E-state index is 5.82. The first-order valence-corrected chi connectivity index (χ1v) is 8.33.